The standard InChI is InChI=1S/C17H26N6O3/c24-15-6-5-13(16(21-15)14-4-2-8-26-14)20-17(25)22-7-1-3-12(9-22)23-11-18-10-19-23/h10-14,16H,1-9H2,(H,20,25)(H,21,24)/t12-,13-,14+,16-/m1/s1. The van der Waals surface area contributed by atoms with Crippen molar-refractivity contribution in [3.63, 3.8) is 0 Å². The van der Waals surface area contributed by atoms with Crippen LogP contribution in [0.1, 0.15) is 44.6 Å². The van der Waals surface area contributed by atoms with Gasteiger partial charge in [0.2, 0.25) is 5.91 Å². The maximum atomic E-state index is 12.8. The number of nitrogens with one attached hydrogen (secondary N) is 2. The van der Waals surface area contributed by atoms with Crippen LogP contribution in [0.4, 0.5) is 4.79 Å². The lowest BCUT2D eigenvalue weighted by atomic mass is 9.92. The summed E-state index contributed by atoms with van der Waals surface area (Å²) >= 11 is 0. The molecule has 9 nitrogen and oxygen atoms in total. The van der Waals surface area contributed by atoms with E-state index in [1.54, 1.807) is 6.33 Å². The lowest BCUT2D eigenvalue weighted by Crippen LogP contribution is -2.62. The molecular formula is C17H26N6O3. The Hall–Kier alpha value is -2.16. The Morgan fingerprint density at radius 1 is 1.31 bits per heavy atom. The lowest BCUT2D eigenvalue weighted by Gasteiger charge is -2.38. The molecule has 142 valence electrons. The molecule has 0 unspecified atom stereocenters. The first-order valence-electron chi connectivity index (χ1n) is 9.51. The van der Waals surface area contributed by atoms with Gasteiger partial charge in [-0.3, -0.25) is 4.79 Å². The van der Waals surface area contributed by atoms with E-state index in [4.69, 9.17) is 4.74 Å². The van der Waals surface area contributed by atoms with E-state index in [1.165, 1.54) is 6.33 Å². The van der Waals surface area contributed by atoms with Crippen molar-refractivity contribution in [2.75, 3.05) is 19.7 Å². The van der Waals surface area contributed by atoms with Gasteiger partial charge in [0.15, 0.2) is 0 Å². The molecule has 0 radical (unpaired) electrons. The second-order valence-electron chi connectivity index (χ2n) is 7.36. The van der Waals surface area contributed by atoms with Gasteiger partial charge < -0.3 is 20.3 Å². The molecule has 0 spiro atoms. The van der Waals surface area contributed by atoms with Crippen molar-refractivity contribution in [3.8, 4) is 0 Å². The van der Waals surface area contributed by atoms with Crippen LogP contribution in [-0.2, 0) is 9.53 Å². The van der Waals surface area contributed by atoms with Crippen LogP contribution in [0, 0.1) is 0 Å². The predicted molar refractivity (Wildman–Crippen MR) is 92.3 cm³/mol. The van der Waals surface area contributed by atoms with Crippen LogP contribution >= 0.6 is 0 Å². The fourth-order valence-corrected chi connectivity index (χ4v) is 4.24. The summed E-state index contributed by atoms with van der Waals surface area (Å²) in [6.07, 6.45) is 8.18. The third-order valence-corrected chi connectivity index (χ3v) is 5.61. The van der Waals surface area contributed by atoms with Crippen molar-refractivity contribution in [1.82, 2.24) is 30.3 Å². The quantitative estimate of drug-likeness (QED) is 0.813. The van der Waals surface area contributed by atoms with Crippen LogP contribution in [0.3, 0.4) is 0 Å². The Morgan fingerprint density at radius 3 is 3.00 bits per heavy atom. The van der Waals surface area contributed by atoms with E-state index in [0.717, 1.165) is 38.8 Å². The molecule has 3 aliphatic heterocycles. The molecule has 1 aromatic heterocycles. The number of piperidine rings is 2. The Balaban J connectivity index is 1.38. The number of ether oxygens (including phenoxy) is 1. The molecule has 2 N–H and O–H groups in total. The molecule has 1 aromatic rings. The largest absolute Gasteiger partial charge is 0.376 e. The maximum Gasteiger partial charge on any atom is 0.317 e. The van der Waals surface area contributed by atoms with Gasteiger partial charge in [0.1, 0.15) is 12.7 Å². The van der Waals surface area contributed by atoms with Gasteiger partial charge in [-0.15, -0.1) is 0 Å². The summed E-state index contributed by atoms with van der Waals surface area (Å²) < 4.78 is 7.59. The average Bonchev–Trinajstić information content (AvgIpc) is 3.37. The van der Waals surface area contributed by atoms with E-state index in [2.05, 4.69) is 20.7 Å². The third-order valence-electron chi connectivity index (χ3n) is 5.61. The zero-order valence-corrected chi connectivity index (χ0v) is 14.8. The van der Waals surface area contributed by atoms with E-state index in [1.807, 2.05) is 9.58 Å². The first-order valence-corrected chi connectivity index (χ1v) is 9.51. The number of urea groups is 1. The van der Waals surface area contributed by atoms with E-state index in [0.29, 0.717) is 19.4 Å². The van der Waals surface area contributed by atoms with Crippen molar-refractivity contribution >= 4 is 11.9 Å². The van der Waals surface area contributed by atoms with E-state index in [-0.39, 0.29) is 36.2 Å². The van der Waals surface area contributed by atoms with Crippen LogP contribution in [0.5, 0.6) is 0 Å². The fourth-order valence-electron chi connectivity index (χ4n) is 4.24. The Morgan fingerprint density at radius 2 is 2.23 bits per heavy atom. The van der Waals surface area contributed by atoms with Gasteiger partial charge in [-0.1, -0.05) is 0 Å². The first kappa shape index (κ1) is 17.3. The average molecular weight is 362 g/mol. The molecule has 9 heteroatoms. The van der Waals surface area contributed by atoms with Crippen molar-refractivity contribution in [3.05, 3.63) is 12.7 Å². The monoisotopic (exact) mass is 362 g/mol. The number of carbonyl (C=O) groups excluding carboxylic acids is 2. The minimum absolute atomic E-state index is 0.00574. The van der Waals surface area contributed by atoms with Crippen LogP contribution in [0.15, 0.2) is 12.7 Å². The summed E-state index contributed by atoms with van der Waals surface area (Å²) in [4.78, 5) is 30.5. The highest BCUT2D eigenvalue weighted by Crippen LogP contribution is 2.24. The number of hydrogen-bond acceptors (Lipinski definition) is 5. The lowest BCUT2D eigenvalue weighted by molar-refractivity contribution is -0.125. The molecule has 3 aliphatic rings. The van der Waals surface area contributed by atoms with Gasteiger partial charge >= 0.3 is 6.03 Å². The molecule has 0 saturated carbocycles. The number of rotatable bonds is 3. The van der Waals surface area contributed by atoms with E-state index >= 15 is 0 Å². The highest BCUT2D eigenvalue weighted by Gasteiger charge is 2.38. The molecule has 0 aliphatic carbocycles. The summed E-state index contributed by atoms with van der Waals surface area (Å²) in [5, 5.41) is 10.4. The van der Waals surface area contributed by atoms with Crippen molar-refractivity contribution < 1.29 is 14.3 Å². The topological polar surface area (TPSA) is 101 Å². The smallest absolute Gasteiger partial charge is 0.317 e. The maximum absolute atomic E-state index is 12.8. The Labute approximate surface area is 152 Å². The van der Waals surface area contributed by atoms with E-state index in [9.17, 15) is 9.59 Å². The SMILES string of the molecule is O=C1CC[C@@H](NC(=O)N2CCC[C@@H](n3cncn3)C2)[C@H]([C@@H]2CCCO2)N1. The van der Waals surface area contributed by atoms with Crippen molar-refractivity contribution in [2.45, 2.75) is 62.8 Å². The number of likely N-dealkylation sites (tertiary alicyclic amines) is 1. The molecule has 3 amide bonds. The molecule has 4 heterocycles. The summed E-state index contributed by atoms with van der Waals surface area (Å²) in [7, 11) is 0. The molecule has 4 atom stereocenters. The van der Waals surface area contributed by atoms with Gasteiger partial charge in [-0.05, 0) is 32.1 Å². The number of amides is 3. The number of nitrogens with zero attached hydrogens (tertiary/aromatic N) is 4. The van der Waals surface area contributed by atoms with Crippen LogP contribution in [-0.4, -0.2) is 69.5 Å². The van der Waals surface area contributed by atoms with Crippen molar-refractivity contribution in [2.24, 2.45) is 0 Å². The zero-order valence-electron chi connectivity index (χ0n) is 14.8. The molecule has 26 heavy (non-hydrogen) atoms. The van der Waals surface area contributed by atoms with Crippen LogP contribution < -0.4 is 10.6 Å². The number of hydrogen-bond donors (Lipinski definition) is 2. The Kier molecular flexibility index (Phi) is 5.05. The molecule has 3 fully saturated rings. The third kappa shape index (κ3) is 3.67. The van der Waals surface area contributed by atoms with Crippen LogP contribution in [0.25, 0.3) is 0 Å². The van der Waals surface area contributed by atoms with Gasteiger partial charge in [-0.2, -0.15) is 5.10 Å². The molecule has 0 aromatic carbocycles. The fraction of sp³-hybridized carbons (Fsp3) is 0.765. The highest BCUT2D eigenvalue weighted by molar-refractivity contribution is 5.79. The van der Waals surface area contributed by atoms with Gasteiger partial charge in [0, 0.05) is 26.1 Å². The summed E-state index contributed by atoms with van der Waals surface area (Å²) in [6.45, 7) is 2.09. The normalized spacial score (nSPS) is 32.3. The number of aromatic nitrogens is 3. The second-order valence-corrected chi connectivity index (χ2v) is 7.36. The molecule has 3 saturated heterocycles. The Bertz CT molecular complexity index is 630. The minimum atomic E-state index is -0.140. The molecular weight excluding hydrogens is 336 g/mol. The minimum Gasteiger partial charge on any atom is -0.376 e. The van der Waals surface area contributed by atoms with Crippen LogP contribution in [0.2, 0.25) is 0 Å². The summed E-state index contributed by atoms with van der Waals surface area (Å²) in [5.41, 5.74) is 0. The van der Waals surface area contributed by atoms with Gasteiger partial charge in [0.05, 0.1) is 24.2 Å². The van der Waals surface area contributed by atoms with Gasteiger partial charge in [0.25, 0.3) is 0 Å². The highest BCUT2D eigenvalue weighted by atomic mass is 16.5. The summed E-state index contributed by atoms with van der Waals surface area (Å²) in [5.74, 6) is 0.0419. The predicted octanol–water partition coefficient (Wildman–Crippen LogP) is 0.451. The number of carbonyl (C=O) groups is 2. The molecule has 4 rings (SSSR count). The summed E-state index contributed by atoms with van der Waals surface area (Å²) in [6, 6.07) is -0.135. The van der Waals surface area contributed by atoms with Gasteiger partial charge in [-0.25, -0.2) is 14.5 Å². The first-order chi connectivity index (χ1) is 12.7. The zero-order chi connectivity index (χ0) is 17.9. The van der Waals surface area contributed by atoms with E-state index < -0.39 is 0 Å². The second kappa shape index (κ2) is 7.61. The molecule has 0 bridgehead atoms. The van der Waals surface area contributed by atoms with Crippen molar-refractivity contribution in [1.29, 1.82) is 0 Å².